The van der Waals surface area contributed by atoms with Crippen LogP contribution < -0.4 is 19.7 Å². The molecule has 4 amide bonds. The van der Waals surface area contributed by atoms with Gasteiger partial charge >= 0.3 is 12.0 Å². The van der Waals surface area contributed by atoms with Gasteiger partial charge in [0.05, 0.1) is 25.0 Å². The number of anilines is 1. The van der Waals surface area contributed by atoms with Crippen LogP contribution in [-0.4, -0.2) is 37.5 Å². The highest BCUT2D eigenvalue weighted by Gasteiger charge is 2.37. The Morgan fingerprint density at radius 1 is 1.05 bits per heavy atom. The van der Waals surface area contributed by atoms with E-state index in [4.69, 9.17) is 9.47 Å². The summed E-state index contributed by atoms with van der Waals surface area (Å²) >= 11 is 0. The summed E-state index contributed by atoms with van der Waals surface area (Å²) in [5, 5.41) is 2.18. The molecule has 3 aromatic carbocycles. The summed E-state index contributed by atoms with van der Waals surface area (Å²) in [6.07, 6.45) is 3.38. The molecule has 0 atom stereocenters. The van der Waals surface area contributed by atoms with E-state index in [-0.39, 0.29) is 29.2 Å². The molecule has 1 aliphatic rings. The maximum Gasteiger partial charge on any atom is 0.337 e. The number of ether oxygens (including phenoxy) is 3. The molecule has 1 saturated heterocycles. The van der Waals surface area contributed by atoms with Crippen molar-refractivity contribution >= 4 is 35.6 Å². The van der Waals surface area contributed by atoms with Gasteiger partial charge < -0.3 is 14.2 Å². The van der Waals surface area contributed by atoms with Crippen LogP contribution in [0, 0.1) is 5.82 Å². The van der Waals surface area contributed by atoms with E-state index in [0.29, 0.717) is 41.2 Å². The molecule has 41 heavy (non-hydrogen) atoms. The molecule has 0 bridgehead atoms. The van der Waals surface area contributed by atoms with Gasteiger partial charge in [0.15, 0.2) is 11.5 Å². The van der Waals surface area contributed by atoms with Gasteiger partial charge in [-0.15, -0.1) is 6.58 Å². The average Bonchev–Trinajstić information content (AvgIpc) is 2.95. The molecule has 1 fully saturated rings. The predicted molar refractivity (Wildman–Crippen MR) is 149 cm³/mol. The SMILES string of the molecule is C=CCc1cc(/C=C2\C(=O)NC(=O)N(c3ccc(C(=O)OC)cc3)C2=O)cc(OCC)c1OCc1cccc(F)c1. The number of esters is 1. The maximum absolute atomic E-state index is 13.7. The van der Waals surface area contributed by atoms with Crippen LogP contribution >= 0.6 is 0 Å². The molecular weight excluding hydrogens is 531 g/mol. The third kappa shape index (κ3) is 6.50. The van der Waals surface area contributed by atoms with E-state index in [1.165, 1.54) is 49.6 Å². The highest BCUT2D eigenvalue weighted by atomic mass is 19.1. The lowest BCUT2D eigenvalue weighted by molar-refractivity contribution is -0.122. The van der Waals surface area contributed by atoms with Gasteiger partial charge in [0.1, 0.15) is 18.0 Å². The Kier molecular flexibility index (Phi) is 8.93. The van der Waals surface area contributed by atoms with Crippen molar-refractivity contribution in [2.45, 2.75) is 20.0 Å². The van der Waals surface area contributed by atoms with Gasteiger partial charge in [0, 0.05) is 5.56 Å². The second kappa shape index (κ2) is 12.7. The summed E-state index contributed by atoms with van der Waals surface area (Å²) in [6.45, 7) is 5.96. The number of allylic oxidation sites excluding steroid dienone is 1. The third-order valence-corrected chi connectivity index (χ3v) is 6.05. The van der Waals surface area contributed by atoms with Crippen LogP contribution in [0.5, 0.6) is 11.5 Å². The van der Waals surface area contributed by atoms with Crippen LogP contribution in [0.25, 0.3) is 6.08 Å². The number of halogens is 1. The molecule has 210 valence electrons. The lowest BCUT2D eigenvalue weighted by Crippen LogP contribution is -2.54. The Labute approximate surface area is 235 Å². The summed E-state index contributed by atoms with van der Waals surface area (Å²) in [7, 11) is 1.24. The Morgan fingerprint density at radius 2 is 1.80 bits per heavy atom. The number of amides is 4. The van der Waals surface area contributed by atoms with Crippen molar-refractivity contribution in [1.82, 2.24) is 5.32 Å². The minimum Gasteiger partial charge on any atom is -0.490 e. The van der Waals surface area contributed by atoms with Crippen LogP contribution in [-0.2, 0) is 27.4 Å². The highest BCUT2D eigenvalue weighted by Crippen LogP contribution is 2.36. The van der Waals surface area contributed by atoms with E-state index in [1.54, 1.807) is 37.3 Å². The van der Waals surface area contributed by atoms with Crippen molar-refractivity contribution in [3.8, 4) is 11.5 Å². The Bertz CT molecular complexity index is 1550. The average molecular weight is 559 g/mol. The molecular formula is C31H27FN2O7. The Hall–Kier alpha value is -5.25. The lowest BCUT2D eigenvalue weighted by atomic mass is 10.0. The highest BCUT2D eigenvalue weighted by molar-refractivity contribution is 6.39. The van der Waals surface area contributed by atoms with Crippen molar-refractivity contribution in [2.75, 3.05) is 18.6 Å². The summed E-state index contributed by atoms with van der Waals surface area (Å²) < 4.78 is 30.2. The van der Waals surface area contributed by atoms with E-state index in [9.17, 15) is 23.6 Å². The smallest absolute Gasteiger partial charge is 0.337 e. The van der Waals surface area contributed by atoms with Crippen molar-refractivity contribution in [3.05, 3.63) is 107 Å². The molecule has 3 aromatic rings. The molecule has 0 aromatic heterocycles. The molecule has 1 N–H and O–H groups in total. The molecule has 0 spiro atoms. The number of nitrogens with zero attached hydrogens (tertiary/aromatic N) is 1. The van der Waals surface area contributed by atoms with Gasteiger partial charge in [-0.1, -0.05) is 18.2 Å². The second-order valence-corrected chi connectivity index (χ2v) is 8.85. The summed E-state index contributed by atoms with van der Waals surface area (Å²) in [6, 6.07) is 14.0. The zero-order chi connectivity index (χ0) is 29.5. The molecule has 9 nitrogen and oxygen atoms in total. The van der Waals surface area contributed by atoms with Gasteiger partial charge in [-0.3, -0.25) is 14.9 Å². The predicted octanol–water partition coefficient (Wildman–Crippen LogP) is 4.98. The number of methoxy groups -OCH3 is 1. The number of rotatable bonds is 10. The van der Waals surface area contributed by atoms with Gasteiger partial charge in [-0.2, -0.15) is 0 Å². The van der Waals surface area contributed by atoms with Crippen molar-refractivity contribution in [3.63, 3.8) is 0 Å². The number of carbonyl (C=O) groups is 4. The number of benzene rings is 3. The number of barbiturate groups is 1. The molecule has 1 heterocycles. The number of hydrogen-bond acceptors (Lipinski definition) is 7. The van der Waals surface area contributed by atoms with E-state index < -0.39 is 23.8 Å². The van der Waals surface area contributed by atoms with E-state index in [0.717, 1.165) is 4.90 Å². The molecule has 0 aliphatic carbocycles. The number of nitrogens with one attached hydrogen (secondary N) is 1. The van der Waals surface area contributed by atoms with Crippen LogP contribution in [0.15, 0.2) is 78.9 Å². The first-order valence-corrected chi connectivity index (χ1v) is 12.6. The van der Waals surface area contributed by atoms with E-state index in [2.05, 4.69) is 16.6 Å². The zero-order valence-electron chi connectivity index (χ0n) is 22.4. The molecule has 4 rings (SSSR count). The van der Waals surface area contributed by atoms with Crippen LogP contribution in [0.3, 0.4) is 0 Å². The largest absolute Gasteiger partial charge is 0.490 e. The number of urea groups is 1. The third-order valence-electron chi connectivity index (χ3n) is 6.05. The normalized spacial score (nSPS) is 14.1. The minimum absolute atomic E-state index is 0.0785. The van der Waals surface area contributed by atoms with E-state index in [1.807, 2.05) is 0 Å². The fraction of sp³-hybridized carbons (Fsp3) is 0.161. The van der Waals surface area contributed by atoms with Crippen molar-refractivity contribution in [1.29, 1.82) is 0 Å². The fourth-order valence-corrected chi connectivity index (χ4v) is 4.21. The monoisotopic (exact) mass is 558 g/mol. The number of imide groups is 2. The summed E-state index contributed by atoms with van der Waals surface area (Å²) in [5.41, 5.74) is 1.81. The molecule has 0 saturated carbocycles. The summed E-state index contributed by atoms with van der Waals surface area (Å²) in [5.74, 6) is -1.90. The maximum atomic E-state index is 13.7. The van der Waals surface area contributed by atoms with Crippen LogP contribution in [0.4, 0.5) is 14.9 Å². The zero-order valence-corrected chi connectivity index (χ0v) is 22.4. The topological polar surface area (TPSA) is 111 Å². The van der Waals surface area contributed by atoms with Gasteiger partial charge in [-0.05, 0) is 79.1 Å². The standard InChI is InChI=1S/C31H27FN2O7/c1-4-7-22-14-20(17-26(40-5-2)27(22)41-18-19-8-6-9-23(32)15-19)16-25-28(35)33-31(38)34(29(25)36)24-12-10-21(11-13-24)30(37)39-3/h4,6,8-17H,1,5,7,18H2,2-3H3,(H,33,35,38)/b25-16+. The van der Waals surface area contributed by atoms with Gasteiger partial charge in [0.25, 0.3) is 11.8 Å². The first kappa shape index (κ1) is 28.8. The molecule has 10 heteroatoms. The first-order chi connectivity index (χ1) is 19.7. The second-order valence-electron chi connectivity index (χ2n) is 8.85. The van der Waals surface area contributed by atoms with Gasteiger partial charge in [-0.25, -0.2) is 18.9 Å². The number of hydrogen-bond donors (Lipinski definition) is 1. The van der Waals surface area contributed by atoms with Crippen molar-refractivity contribution in [2.24, 2.45) is 0 Å². The molecule has 0 radical (unpaired) electrons. The minimum atomic E-state index is -0.925. The summed E-state index contributed by atoms with van der Waals surface area (Å²) in [4.78, 5) is 51.3. The number of carbonyl (C=O) groups excluding carboxylic acids is 4. The van der Waals surface area contributed by atoms with Gasteiger partial charge in [0.2, 0.25) is 0 Å². The fourth-order valence-electron chi connectivity index (χ4n) is 4.21. The van der Waals surface area contributed by atoms with E-state index >= 15 is 0 Å². The van der Waals surface area contributed by atoms with Crippen molar-refractivity contribution < 1.29 is 37.8 Å². The van der Waals surface area contributed by atoms with Crippen LogP contribution in [0.2, 0.25) is 0 Å². The lowest BCUT2D eigenvalue weighted by Gasteiger charge is -2.26. The van der Waals surface area contributed by atoms with Crippen LogP contribution in [0.1, 0.15) is 34.0 Å². The Balaban J connectivity index is 1.69. The quantitative estimate of drug-likeness (QED) is 0.162. The molecule has 1 aliphatic heterocycles. The first-order valence-electron chi connectivity index (χ1n) is 12.6. The molecule has 0 unspecified atom stereocenters. The Morgan fingerprint density at radius 3 is 2.46 bits per heavy atom.